The number of rotatable bonds is 7. The second-order valence-electron chi connectivity index (χ2n) is 10.9. The fraction of sp³-hybridized carbons (Fsp3) is 0.438. The molecule has 2 aliphatic carbocycles. The van der Waals surface area contributed by atoms with Crippen molar-refractivity contribution in [1.82, 2.24) is 0 Å². The van der Waals surface area contributed by atoms with E-state index in [1.807, 2.05) is 0 Å². The lowest BCUT2D eigenvalue weighted by atomic mass is 9.71. The van der Waals surface area contributed by atoms with Crippen molar-refractivity contribution in [3.05, 3.63) is 77.4 Å². The van der Waals surface area contributed by atoms with Crippen molar-refractivity contribution in [2.45, 2.75) is 89.0 Å². The largest absolute Gasteiger partial charge is 0.399 e. The maximum absolute atomic E-state index is 6.23. The van der Waals surface area contributed by atoms with Gasteiger partial charge in [-0.15, -0.1) is 0 Å². The molecule has 0 aromatic heterocycles. The van der Waals surface area contributed by atoms with Crippen LogP contribution in [0.5, 0.6) is 0 Å². The molecule has 0 amide bonds. The molecule has 2 N–H and O–H groups in total. The molecule has 6 rings (SSSR count). The van der Waals surface area contributed by atoms with E-state index >= 15 is 0 Å². The number of fused-ring (bicyclic) bond motifs is 6. The molecule has 0 bridgehead atoms. The summed E-state index contributed by atoms with van der Waals surface area (Å²) in [6, 6.07) is 23.8. The lowest BCUT2D eigenvalue weighted by Gasteiger charge is -2.34. The van der Waals surface area contributed by atoms with Crippen LogP contribution in [0.3, 0.4) is 0 Å². The molecule has 1 fully saturated rings. The van der Waals surface area contributed by atoms with Gasteiger partial charge >= 0.3 is 0 Å². The number of nitrogens with two attached hydrogens (primary N) is 1. The van der Waals surface area contributed by atoms with E-state index in [4.69, 9.17) is 5.73 Å². The van der Waals surface area contributed by atoms with Gasteiger partial charge < -0.3 is 10.6 Å². The first-order valence-electron chi connectivity index (χ1n) is 13.6. The van der Waals surface area contributed by atoms with Crippen LogP contribution in [0.1, 0.15) is 94.2 Å². The van der Waals surface area contributed by atoms with E-state index in [1.54, 1.807) is 11.1 Å². The molecule has 176 valence electrons. The summed E-state index contributed by atoms with van der Waals surface area (Å²) in [6.07, 6.45) is 11.4. The third kappa shape index (κ3) is 3.14. The zero-order valence-electron chi connectivity index (χ0n) is 20.8. The molecule has 1 heterocycles. The Bertz CT molecular complexity index is 1200. The number of hydrogen-bond donors (Lipinski definition) is 1. The van der Waals surface area contributed by atoms with Gasteiger partial charge in [0, 0.05) is 34.4 Å². The van der Waals surface area contributed by atoms with E-state index in [1.165, 1.54) is 85.9 Å². The first-order chi connectivity index (χ1) is 16.7. The van der Waals surface area contributed by atoms with Gasteiger partial charge in [-0.25, -0.2) is 0 Å². The fourth-order valence-corrected chi connectivity index (χ4v) is 7.42. The van der Waals surface area contributed by atoms with Crippen LogP contribution < -0.4 is 10.6 Å². The highest BCUT2D eigenvalue weighted by Gasteiger charge is 2.45. The van der Waals surface area contributed by atoms with Crippen LogP contribution in [0, 0.1) is 0 Å². The Hall–Kier alpha value is -2.74. The highest BCUT2D eigenvalue weighted by molar-refractivity contribution is 5.85. The molecule has 34 heavy (non-hydrogen) atoms. The van der Waals surface area contributed by atoms with Crippen molar-refractivity contribution >= 4 is 17.1 Å². The standard InChI is InChI=1S/C32H38N2/c1-3-5-18-32(19-6-4-2)28-12-8-7-10-24(28)25-16-15-23(21-29(25)32)34-30-13-9-11-26(30)27-20-22(33)14-17-31(27)34/h7-8,10,12,14-17,20-21,26,30H,3-6,9,11,13,18-19,33H2,1-2H3. The van der Waals surface area contributed by atoms with Gasteiger partial charge in [0.2, 0.25) is 0 Å². The fourth-order valence-electron chi connectivity index (χ4n) is 7.42. The van der Waals surface area contributed by atoms with Gasteiger partial charge in [0.1, 0.15) is 0 Å². The van der Waals surface area contributed by atoms with E-state index in [-0.39, 0.29) is 5.41 Å². The van der Waals surface area contributed by atoms with Gasteiger partial charge in [0.05, 0.1) is 0 Å². The number of hydrogen-bond acceptors (Lipinski definition) is 2. The molecule has 0 saturated heterocycles. The molecule has 0 radical (unpaired) electrons. The van der Waals surface area contributed by atoms with E-state index in [0.29, 0.717) is 12.0 Å². The van der Waals surface area contributed by atoms with E-state index in [2.05, 4.69) is 79.4 Å². The van der Waals surface area contributed by atoms with Gasteiger partial charge in [0.25, 0.3) is 0 Å². The summed E-state index contributed by atoms with van der Waals surface area (Å²) >= 11 is 0. The molecular weight excluding hydrogens is 412 g/mol. The quantitative estimate of drug-likeness (QED) is 0.365. The number of nitrogen functional groups attached to an aromatic ring is 1. The SMILES string of the molecule is CCCCC1(CCCC)c2ccccc2-c2ccc(N3c4ccc(N)cc4C4CCCC43)cc21. The minimum Gasteiger partial charge on any atom is -0.399 e. The van der Waals surface area contributed by atoms with Gasteiger partial charge in [-0.3, -0.25) is 0 Å². The van der Waals surface area contributed by atoms with Crippen LogP contribution in [0.4, 0.5) is 17.1 Å². The van der Waals surface area contributed by atoms with Crippen molar-refractivity contribution in [2.75, 3.05) is 10.6 Å². The van der Waals surface area contributed by atoms with Crippen LogP contribution >= 0.6 is 0 Å². The van der Waals surface area contributed by atoms with Crippen LogP contribution in [-0.2, 0) is 5.41 Å². The Balaban J connectivity index is 1.51. The summed E-state index contributed by atoms with van der Waals surface area (Å²) < 4.78 is 0. The summed E-state index contributed by atoms with van der Waals surface area (Å²) in [6.45, 7) is 4.66. The van der Waals surface area contributed by atoms with Crippen LogP contribution in [0.25, 0.3) is 11.1 Å². The van der Waals surface area contributed by atoms with Gasteiger partial charge in [-0.2, -0.15) is 0 Å². The third-order valence-corrected chi connectivity index (χ3v) is 8.97. The summed E-state index contributed by atoms with van der Waals surface area (Å²) in [5.41, 5.74) is 17.6. The van der Waals surface area contributed by atoms with Crippen molar-refractivity contribution in [3.8, 4) is 11.1 Å². The average Bonchev–Trinajstić information content (AvgIpc) is 3.52. The van der Waals surface area contributed by atoms with E-state index < -0.39 is 0 Å². The van der Waals surface area contributed by atoms with Gasteiger partial charge in [0.15, 0.2) is 0 Å². The third-order valence-electron chi connectivity index (χ3n) is 8.97. The first kappa shape index (κ1) is 21.8. The van der Waals surface area contributed by atoms with E-state index in [9.17, 15) is 0 Å². The zero-order valence-corrected chi connectivity index (χ0v) is 20.8. The molecule has 2 heteroatoms. The average molecular weight is 451 g/mol. The molecule has 0 spiro atoms. The Morgan fingerprint density at radius 1 is 0.853 bits per heavy atom. The molecule has 2 nitrogen and oxygen atoms in total. The number of unbranched alkanes of at least 4 members (excludes halogenated alkanes) is 2. The van der Waals surface area contributed by atoms with Crippen LogP contribution in [0.2, 0.25) is 0 Å². The lowest BCUT2D eigenvalue weighted by Crippen LogP contribution is -2.28. The lowest BCUT2D eigenvalue weighted by molar-refractivity contribution is 0.414. The number of benzene rings is 3. The topological polar surface area (TPSA) is 29.3 Å². The second kappa shape index (κ2) is 8.48. The normalized spacial score (nSPS) is 21.3. The number of nitrogens with zero attached hydrogens (tertiary/aromatic N) is 1. The first-order valence-corrected chi connectivity index (χ1v) is 13.6. The van der Waals surface area contributed by atoms with Crippen LogP contribution in [0.15, 0.2) is 60.7 Å². The Morgan fingerprint density at radius 2 is 1.62 bits per heavy atom. The molecule has 1 saturated carbocycles. The zero-order chi connectivity index (χ0) is 23.3. The highest BCUT2D eigenvalue weighted by atomic mass is 15.2. The monoisotopic (exact) mass is 450 g/mol. The van der Waals surface area contributed by atoms with Gasteiger partial charge in [-0.05, 0) is 83.8 Å². The van der Waals surface area contributed by atoms with Crippen molar-refractivity contribution in [2.24, 2.45) is 0 Å². The molecule has 2 unspecified atom stereocenters. The molecule has 3 aromatic rings. The smallest absolute Gasteiger partial charge is 0.0451 e. The van der Waals surface area contributed by atoms with E-state index in [0.717, 1.165) is 5.69 Å². The Morgan fingerprint density at radius 3 is 2.41 bits per heavy atom. The minimum atomic E-state index is 0.146. The molecule has 1 aliphatic heterocycles. The summed E-state index contributed by atoms with van der Waals surface area (Å²) in [4.78, 5) is 2.67. The Kier molecular flexibility index (Phi) is 5.43. The highest BCUT2D eigenvalue weighted by Crippen LogP contribution is 2.57. The van der Waals surface area contributed by atoms with Crippen molar-refractivity contribution in [1.29, 1.82) is 0 Å². The van der Waals surface area contributed by atoms with Crippen LogP contribution in [-0.4, -0.2) is 6.04 Å². The number of anilines is 3. The molecule has 3 aliphatic rings. The summed E-state index contributed by atoms with van der Waals surface area (Å²) in [7, 11) is 0. The summed E-state index contributed by atoms with van der Waals surface area (Å²) in [5, 5.41) is 0. The molecule has 2 atom stereocenters. The molecule has 3 aromatic carbocycles. The van der Waals surface area contributed by atoms with Gasteiger partial charge in [-0.1, -0.05) is 76.3 Å². The van der Waals surface area contributed by atoms with Crippen molar-refractivity contribution < 1.29 is 0 Å². The Labute approximate surface area is 205 Å². The van der Waals surface area contributed by atoms with Crippen molar-refractivity contribution in [3.63, 3.8) is 0 Å². The maximum atomic E-state index is 6.23. The second-order valence-corrected chi connectivity index (χ2v) is 10.9. The minimum absolute atomic E-state index is 0.146. The maximum Gasteiger partial charge on any atom is 0.0451 e. The summed E-state index contributed by atoms with van der Waals surface area (Å²) in [5.74, 6) is 0.619. The molecular formula is C32H38N2. The predicted octanol–water partition coefficient (Wildman–Crippen LogP) is 8.70. The predicted molar refractivity (Wildman–Crippen MR) is 145 cm³/mol.